The van der Waals surface area contributed by atoms with Gasteiger partial charge in [-0.15, -0.1) is 12.3 Å². The van der Waals surface area contributed by atoms with Crippen molar-refractivity contribution in [3.8, 4) is 17.2 Å². The van der Waals surface area contributed by atoms with Crippen molar-refractivity contribution < 1.29 is 24.2 Å². The number of rotatable bonds is 7. The molecule has 4 heterocycles. The Morgan fingerprint density at radius 3 is 2.45 bits per heavy atom. The van der Waals surface area contributed by atoms with Crippen molar-refractivity contribution in [1.29, 1.82) is 0 Å². The molecule has 40 heavy (non-hydrogen) atoms. The molecule has 1 unspecified atom stereocenters. The van der Waals surface area contributed by atoms with E-state index in [4.69, 9.17) is 9.47 Å². The van der Waals surface area contributed by atoms with Crippen LogP contribution < -0.4 is 14.6 Å². The van der Waals surface area contributed by atoms with E-state index in [9.17, 15) is 10.2 Å². The third-order valence-electron chi connectivity index (χ3n) is 8.74. The molecule has 6 nitrogen and oxygen atoms in total. The molecule has 4 aromatic rings. The quantitative estimate of drug-likeness (QED) is 0.243. The number of aromatic nitrogens is 1. The van der Waals surface area contributed by atoms with Crippen molar-refractivity contribution in [3.05, 3.63) is 109 Å². The van der Waals surface area contributed by atoms with Crippen LogP contribution in [0.5, 0.6) is 17.2 Å². The second kappa shape index (κ2) is 12.1. The van der Waals surface area contributed by atoms with Crippen molar-refractivity contribution >= 4 is 10.9 Å². The van der Waals surface area contributed by atoms with E-state index >= 15 is 0 Å². The summed E-state index contributed by atoms with van der Waals surface area (Å²) in [5.74, 6) is 2.65. The number of nitrogens with zero attached hydrogens (tertiary/aromatic N) is 2. The Kier molecular flexibility index (Phi) is 8.38. The lowest BCUT2D eigenvalue weighted by Crippen LogP contribution is -2.67. The standard InChI is InChI=1S/C27H31N2O2.C7H8O2/c1-3-20-18-29(17-19-7-5-4-6-8-19)14-12-21(20)15-26(29)27(30)23-11-13-28-25-10-9-22(31-2)16-24(23)25;1-9-7-4-2-6(8)3-5-7/h3-11,13,16,20-21,26-27,30H,1,12,14-15,17-18H2,2H3;2-5,8H,1H3/q+1;/p-1/t20-,21-,26-,27+,29?;/m0./s1. The predicted octanol–water partition coefficient (Wildman–Crippen LogP) is 5.66. The second-order valence-electron chi connectivity index (χ2n) is 10.9. The number of quaternary nitrogens is 1. The molecule has 1 N–H and O–H groups in total. The summed E-state index contributed by atoms with van der Waals surface area (Å²) in [6, 6.07) is 25.0. The number of ether oxygens (including phenoxy) is 2. The van der Waals surface area contributed by atoms with E-state index in [2.05, 4.69) is 48.0 Å². The molecule has 0 spiro atoms. The highest BCUT2D eigenvalue weighted by Crippen LogP contribution is 2.48. The number of aliphatic hydroxyl groups is 1. The number of methoxy groups -OCH3 is 2. The minimum absolute atomic E-state index is 0.0100. The van der Waals surface area contributed by atoms with Crippen molar-refractivity contribution in [2.24, 2.45) is 11.8 Å². The fraction of sp³-hybridized carbons (Fsp3) is 0.324. The number of pyridine rings is 1. The third kappa shape index (κ3) is 5.69. The average molecular weight is 539 g/mol. The molecule has 208 valence electrons. The fourth-order valence-corrected chi connectivity index (χ4v) is 6.64. The van der Waals surface area contributed by atoms with Gasteiger partial charge >= 0.3 is 0 Å². The summed E-state index contributed by atoms with van der Waals surface area (Å²) in [6.45, 7) is 7.25. The molecular formula is C34H38N2O4. The van der Waals surface area contributed by atoms with Gasteiger partial charge in [-0.05, 0) is 47.9 Å². The molecule has 0 aliphatic carbocycles. The minimum atomic E-state index is -0.546. The van der Waals surface area contributed by atoms with Crippen molar-refractivity contribution in [2.45, 2.75) is 31.5 Å². The maximum Gasteiger partial charge on any atom is 0.131 e. The van der Waals surface area contributed by atoms with Gasteiger partial charge in [0, 0.05) is 35.9 Å². The van der Waals surface area contributed by atoms with Crippen LogP contribution in [0.15, 0.2) is 97.7 Å². The number of piperidine rings is 3. The van der Waals surface area contributed by atoms with Crippen LogP contribution in [-0.2, 0) is 6.54 Å². The molecule has 3 fully saturated rings. The van der Waals surface area contributed by atoms with Crippen molar-refractivity contribution in [2.75, 3.05) is 27.3 Å². The lowest BCUT2D eigenvalue weighted by Gasteiger charge is -2.58. The van der Waals surface area contributed by atoms with E-state index in [1.165, 1.54) is 24.1 Å². The SMILES string of the molecule is C=C[C@H]1C[N+]2(Cc3ccccc3)CC[C@H]1C[C@H]2[C@H](O)c1ccnc2ccc(OC)cc12.COc1ccc([O-])cc1. The molecule has 3 aliphatic heterocycles. The first-order valence-electron chi connectivity index (χ1n) is 13.9. The zero-order chi connectivity index (χ0) is 28.1. The maximum atomic E-state index is 11.8. The smallest absolute Gasteiger partial charge is 0.131 e. The van der Waals surface area contributed by atoms with Gasteiger partial charge < -0.3 is 24.2 Å². The van der Waals surface area contributed by atoms with E-state index in [-0.39, 0.29) is 11.8 Å². The van der Waals surface area contributed by atoms with Crippen LogP contribution in [-0.4, -0.2) is 47.9 Å². The Hall–Kier alpha value is -3.87. The molecule has 5 atom stereocenters. The van der Waals surface area contributed by atoms with Crippen molar-refractivity contribution in [1.82, 2.24) is 4.98 Å². The van der Waals surface area contributed by atoms with E-state index < -0.39 is 6.10 Å². The highest BCUT2D eigenvalue weighted by atomic mass is 16.5. The highest BCUT2D eigenvalue weighted by molar-refractivity contribution is 5.83. The van der Waals surface area contributed by atoms with Gasteiger partial charge in [-0.1, -0.05) is 48.5 Å². The lowest BCUT2D eigenvalue weighted by atomic mass is 9.71. The molecule has 0 radical (unpaired) electrons. The zero-order valence-corrected chi connectivity index (χ0v) is 23.3. The monoisotopic (exact) mass is 538 g/mol. The topological polar surface area (TPSA) is 74.6 Å². The van der Waals surface area contributed by atoms with Gasteiger partial charge in [0.05, 0.1) is 32.8 Å². The molecule has 2 bridgehead atoms. The number of hydrogen-bond acceptors (Lipinski definition) is 5. The van der Waals surface area contributed by atoms with Gasteiger partial charge in [0.2, 0.25) is 0 Å². The Balaban J connectivity index is 0.000000306. The minimum Gasteiger partial charge on any atom is -0.872 e. The van der Waals surface area contributed by atoms with E-state index in [0.717, 1.165) is 58.5 Å². The molecule has 1 aromatic heterocycles. The molecule has 3 aromatic carbocycles. The van der Waals surface area contributed by atoms with Gasteiger partial charge in [0.25, 0.3) is 0 Å². The van der Waals surface area contributed by atoms with Crippen LogP contribution in [0.1, 0.15) is 30.1 Å². The Labute approximate surface area is 236 Å². The summed E-state index contributed by atoms with van der Waals surface area (Å²) in [7, 11) is 3.24. The summed E-state index contributed by atoms with van der Waals surface area (Å²) < 4.78 is 11.2. The summed E-state index contributed by atoms with van der Waals surface area (Å²) in [4.78, 5) is 4.52. The first kappa shape index (κ1) is 27.7. The Morgan fingerprint density at radius 1 is 1.02 bits per heavy atom. The van der Waals surface area contributed by atoms with Gasteiger partial charge in [-0.3, -0.25) is 4.98 Å². The van der Waals surface area contributed by atoms with Crippen LogP contribution in [0.25, 0.3) is 10.9 Å². The predicted molar refractivity (Wildman–Crippen MR) is 156 cm³/mol. The fourth-order valence-electron chi connectivity index (χ4n) is 6.64. The van der Waals surface area contributed by atoms with Crippen molar-refractivity contribution in [3.63, 3.8) is 0 Å². The molecule has 0 saturated carbocycles. The normalized spacial score (nSPS) is 24.0. The Bertz CT molecular complexity index is 1430. The molecule has 6 heteroatoms. The molecular weight excluding hydrogens is 500 g/mol. The second-order valence-corrected chi connectivity index (χ2v) is 10.9. The largest absolute Gasteiger partial charge is 0.872 e. The number of aliphatic hydroxyl groups excluding tert-OH is 1. The molecule has 3 aliphatic rings. The van der Waals surface area contributed by atoms with Crippen LogP contribution in [0, 0.1) is 11.8 Å². The van der Waals surface area contributed by atoms with Crippen LogP contribution in [0.3, 0.4) is 0 Å². The molecule has 3 saturated heterocycles. The number of benzene rings is 3. The zero-order valence-electron chi connectivity index (χ0n) is 23.3. The molecule has 7 rings (SSSR count). The first-order valence-corrected chi connectivity index (χ1v) is 13.9. The van der Waals surface area contributed by atoms with Gasteiger partial charge in [0.1, 0.15) is 30.2 Å². The summed E-state index contributed by atoms with van der Waals surface area (Å²) in [6.07, 6.45) is 5.65. The van der Waals surface area contributed by atoms with Crippen LogP contribution in [0.2, 0.25) is 0 Å². The van der Waals surface area contributed by atoms with Gasteiger partial charge in [-0.2, -0.15) is 0 Å². The number of hydrogen-bond donors (Lipinski definition) is 1. The Morgan fingerprint density at radius 2 is 1.75 bits per heavy atom. The highest BCUT2D eigenvalue weighted by Gasteiger charge is 2.53. The van der Waals surface area contributed by atoms with E-state index in [1.54, 1.807) is 26.4 Å². The lowest BCUT2D eigenvalue weighted by molar-refractivity contribution is -0.984. The molecule has 0 amide bonds. The van der Waals surface area contributed by atoms with E-state index in [0.29, 0.717) is 11.8 Å². The van der Waals surface area contributed by atoms with E-state index in [1.807, 2.05) is 30.5 Å². The van der Waals surface area contributed by atoms with Crippen LogP contribution >= 0.6 is 0 Å². The summed E-state index contributed by atoms with van der Waals surface area (Å²) in [5, 5.41) is 23.3. The average Bonchev–Trinajstić information content (AvgIpc) is 3.01. The summed E-state index contributed by atoms with van der Waals surface area (Å²) >= 11 is 0. The summed E-state index contributed by atoms with van der Waals surface area (Å²) in [5.41, 5.74) is 3.19. The van der Waals surface area contributed by atoms with Gasteiger partial charge in [-0.25, -0.2) is 0 Å². The first-order chi connectivity index (χ1) is 19.5. The number of fused-ring (bicyclic) bond motifs is 4. The maximum absolute atomic E-state index is 11.8. The third-order valence-corrected chi connectivity index (χ3v) is 8.74. The van der Waals surface area contributed by atoms with Crippen LogP contribution in [0.4, 0.5) is 0 Å². The van der Waals surface area contributed by atoms with Gasteiger partial charge in [0.15, 0.2) is 0 Å².